The Morgan fingerprint density at radius 3 is 2.35 bits per heavy atom. The van der Waals surface area contributed by atoms with Crippen LogP contribution < -0.4 is 0 Å². The molecule has 1 aromatic rings. The van der Waals surface area contributed by atoms with E-state index in [-0.39, 0.29) is 5.91 Å². The van der Waals surface area contributed by atoms with Crippen LogP contribution in [0, 0.1) is 0 Å². The number of rotatable bonds is 4. The molecule has 0 heterocycles. The summed E-state index contributed by atoms with van der Waals surface area (Å²) in [5.74, 6) is -0.0671. The van der Waals surface area contributed by atoms with Crippen molar-refractivity contribution in [1.82, 2.24) is 4.90 Å². The highest BCUT2D eigenvalue weighted by atomic mass is 79.9. The number of halogens is 3. The van der Waals surface area contributed by atoms with Gasteiger partial charge < -0.3 is 4.90 Å². The minimum atomic E-state index is -0.0671. The lowest BCUT2D eigenvalue weighted by molar-refractivity contribution is 0.0794. The molecule has 0 radical (unpaired) electrons. The predicted octanol–water partition coefficient (Wildman–Crippen LogP) is 4.24. The van der Waals surface area contributed by atoms with Crippen molar-refractivity contribution in [2.24, 2.45) is 0 Å². The largest absolute Gasteiger partial charge is 0.342 e. The summed E-state index contributed by atoms with van der Waals surface area (Å²) in [6.45, 7) is 2.74. The molecule has 1 rings (SSSR count). The van der Waals surface area contributed by atoms with Gasteiger partial charge in [-0.1, -0.05) is 46.1 Å². The molecule has 17 heavy (non-hydrogen) atoms. The summed E-state index contributed by atoms with van der Waals surface area (Å²) < 4.78 is 0. The molecule has 1 atom stereocenters. The highest BCUT2D eigenvalue weighted by molar-refractivity contribution is 9.09. The first-order valence-corrected chi connectivity index (χ1v) is 6.93. The average molecular weight is 339 g/mol. The fourth-order valence-electron chi connectivity index (χ4n) is 1.37. The first-order valence-electron chi connectivity index (χ1n) is 5.26. The Labute approximate surface area is 120 Å². The maximum absolute atomic E-state index is 12.1. The summed E-state index contributed by atoms with van der Waals surface area (Å²) in [4.78, 5) is 14.1. The third kappa shape index (κ3) is 4.86. The van der Waals surface area contributed by atoms with E-state index in [1.165, 1.54) is 0 Å². The molecule has 0 spiro atoms. The molecular weight excluding hydrogens is 325 g/mol. The van der Waals surface area contributed by atoms with Gasteiger partial charge in [0.2, 0.25) is 0 Å². The van der Waals surface area contributed by atoms with Gasteiger partial charge in [0.05, 0.1) is 0 Å². The predicted molar refractivity (Wildman–Crippen MR) is 76.4 cm³/mol. The molecular formula is C12H14BrCl2NO. The highest BCUT2D eigenvalue weighted by Crippen LogP contribution is 2.20. The molecule has 0 fully saturated rings. The lowest BCUT2D eigenvalue weighted by atomic mass is 10.2. The summed E-state index contributed by atoms with van der Waals surface area (Å²) in [7, 11) is 1.77. The van der Waals surface area contributed by atoms with Crippen LogP contribution in [0.5, 0.6) is 0 Å². The van der Waals surface area contributed by atoms with Crippen molar-refractivity contribution in [3.05, 3.63) is 33.8 Å². The molecule has 1 aromatic carbocycles. The number of amides is 1. The van der Waals surface area contributed by atoms with Crippen molar-refractivity contribution in [1.29, 1.82) is 0 Å². The normalized spacial score (nSPS) is 12.3. The van der Waals surface area contributed by atoms with E-state index < -0.39 is 0 Å². The number of hydrogen-bond donors (Lipinski definition) is 0. The minimum absolute atomic E-state index is 0.0671. The van der Waals surface area contributed by atoms with Gasteiger partial charge in [-0.25, -0.2) is 0 Å². The minimum Gasteiger partial charge on any atom is -0.342 e. The van der Waals surface area contributed by atoms with Crippen molar-refractivity contribution < 1.29 is 4.79 Å². The lowest BCUT2D eigenvalue weighted by Crippen LogP contribution is -2.28. The van der Waals surface area contributed by atoms with Gasteiger partial charge in [-0.3, -0.25) is 4.79 Å². The summed E-state index contributed by atoms with van der Waals surface area (Å²) in [5.41, 5.74) is 0.521. The van der Waals surface area contributed by atoms with Crippen LogP contribution in [0.4, 0.5) is 0 Å². The molecule has 0 bridgehead atoms. The first kappa shape index (κ1) is 14.8. The van der Waals surface area contributed by atoms with Crippen LogP contribution >= 0.6 is 39.1 Å². The van der Waals surface area contributed by atoms with Gasteiger partial charge in [-0.15, -0.1) is 0 Å². The molecule has 0 N–H and O–H groups in total. The molecule has 0 aliphatic carbocycles. The van der Waals surface area contributed by atoms with E-state index in [4.69, 9.17) is 23.2 Å². The van der Waals surface area contributed by atoms with E-state index >= 15 is 0 Å². The summed E-state index contributed by atoms with van der Waals surface area (Å²) in [5, 5.41) is 0.950. The van der Waals surface area contributed by atoms with Crippen LogP contribution in [0.3, 0.4) is 0 Å². The standard InChI is InChI=1S/C12H14BrCl2NO/c1-8(13)3-4-16(2)12(17)9-5-10(14)7-11(15)6-9/h5-8H,3-4H2,1-2H3. The Morgan fingerprint density at radius 2 is 1.88 bits per heavy atom. The van der Waals surface area contributed by atoms with E-state index in [0.717, 1.165) is 6.42 Å². The molecule has 1 amide bonds. The number of carbonyl (C=O) groups is 1. The topological polar surface area (TPSA) is 20.3 Å². The van der Waals surface area contributed by atoms with Crippen LogP contribution in [0.25, 0.3) is 0 Å². The third-order valence-electron chi connectivity index (χ3n) is 2.32. The molecule has 0 aliphatic rings. The average Bonchev–Trinajstić information content (AvgIpc) is 2.23. The van der Waals surface area contributed by atoms with Gasteiger partial charge >= 0.3 is 0 Å². The third-order valence-corrected chi connectivity index (χ3v) is 3.21. The van der Waals surface area contributed by atoms with Crippen LogP contribution in [0.2, 0.25) is 10.0 Å². The SMILES string of the molecule is CC(Br)CCN(C)C(=O)c1cc(Cl)cc(Cl)c1. The van der Waals surface area contributed by atoms with Gasteiger partial charge in [-0.2, -0.15) is 0 Å². The lowest BCUT2D eigenvalue weighted by Gasteiger charge is -2.18. The molecule has 2 nitrogen and oxygen atoms in total. The van der Waals surface area contributed by atoms with Gasteiger partial charge in [0.25, 0.3) is 5.91 Å². The van der Waals surface area contributed by atoms with E-state index in [2.05, 4.69) is 22.9 Å². The van der Waals surface area contributed by atoms with E-state index in [0.29, 0.717) is 27.0 Å². The maximum atomic E-state index is 12.1. The number of nitrogens with zero attached hydrogens (tertiary/aromatic N) is 1. The summed E-state index contributed by atoms with van der Waals surface area (Å²) >= 11 is 15.2. The Balaban J connectivity index is 2.74. The number of alkyl halides is 1. The van der Waals surface area contributed by atoms with Gasteiger partial charge in [0.15, 0.2) is 0 Å². The Bertz CT molecular complexity index is 389. The number of benzene rings is 1. The second kappa shape index (κ2) is 6.62. The van der Waals surface area contributed by atoms with Crippen molar-refractivity contribution in [3.63, 3.8) is 0 Å². The summed E-state index contributed by atoms with van der Waals surface area (Å²) in [6, 6.07) is 4.87. The molecule has 0 aliphatic heterocycles. The van der Waals surface area contributed by atoms with E-state index in [1.807, 2.05) is 0 Å². The zero-order valence-electron chi connectivity index (χ0n) is 9.71. The Morgan fingerprint density at radius 1 is 1.35 bits per heavy atom. The van der Waals surface area contributed by atoms with Crippen LogP contribution in [0.1, 0.15) is 23.7 Å². The summed E-state index contributed by atoms with van der Waals surface area (Å²) in [6.07, 6.45) is 0.899. The maximum Gasteiger partial charge on any atom is 0.253 e. The molecule has 5 heteroatoms. The van der Waals surface area contributed by atoms with Gasteiger partial charge in [0, 0.05) is 34.0 Å². The monoisotopic (exact) mass is 337 g/mol. The number of hydrogen-bond acceptors (Lipinski definition) is 1. The van der Waals surface area contributed by atoms with E-state index in [1.54, 1.807) is 30.1 Å². The Kier molecular flexibility index (Phi) is 5.77. The fourth-order valence-corrected chi connectivity index (χ4v) is 2.10. The second-order valence-electron chi connectivity index (χ2n) is 3.95. The van der Waals surface area contributed by atoms with Crippen LogP contribution in [-0.4, -0.2) is 29.2 Å². The molecule has 1 unspecified atom stereocenters. The van der Waals surface area contributed by atoms with Crippen LogP contribution in [-0.2, 0) is 0 Å². The van der Waals surface area contributed by atoms with Crippen molar-refractivity contribution in [2.45, 2.75) is 18.2 Å². The second-order valence-corrected chi connectivity index (χ2v) is 6.39. The van der Waals surface area contributed by atoms with Gasteiger partial charge in [-0.05, 0) is 24.6 Å². The fraction of sp³-hybridized carbons (Fsp3) is 0.417. The molecule has 94 valence electrons. The van der Waals surface area contributed by atoms with Crippen molar-refractivity contribution >= 4 is 45.0 Å². The highest BCUT2D eigenvalue weighted by Gasteiger charge is 2.13. The smallest absolute Gasteiger partial charge is 0.253 e. The van der Waals surface area contributed by atoms with Gasteiger partial charge in [0.1, 0.15) is 0 Å². The molecule has 0 saturated carbocycles. The van der Waals surface area contributed by atoms with Crippen molar-refractivity contribution in [2.75, 3.05) is 13.6 Å². The van der Waals surface area contributed by atoms with Crippen molar-refractivity contribution in [3.8, 4) is 0 Å². The first-order chi connectivity index (χ1) is 7.90. The zero-order valence-corrected chi connectivity index (χ0v) is 12.8. The zero-order chi connectivity index (χ0) is 13.0. The molecule has 0 saturated heterocycles. The van der Waals surface area contributed by atoms with E-state index in [9.17, 15) is 4.79 Å². The van der Waals surface area contributed by atoms with Crippen LogP contribution in [0.15, 0.2) is 18.2 Å². The number of carbonyl (C=O) groups excluding carboxylic acids is 1. The molecule has 0 aromatic heterocycles. The Hall–Kier alpha value is -0.250. The quantitative estimate of drug-likeness (QED) is 0.752.